The van der Waals surface area contributed by atoms with Crippen LogP contribution in [-0.4, -0.2) is 19.6 Å². The van der Waals surface area contributed by atoms with Crippen LogP contribution >= 0.6 is 0 Å². The second kappa shape index (κ2) is 4.59. The maximum absolute atomic E-state index is 4.58. The Labute approximate surface area is 116 Å². The van der Waals surface area contributed by atoms with Gasteiger partial charge < -0.3 is 5.32 Å². The second-order valence-corrected chi connectivity index (χ2v) is 5.08. The molecule has 1 aromatic carbocycles. The van der Waals surface area contributed by atoms with Gasteiger partial charge in [-0.25, -0.2) is 4.98 Å². The minimum absolute atomic E-state index is 0.682. The number of rotatable bonds is 3. The Morgan fingerprint density at radius 2 is 2.05 bits per heavy atom. The maximum Gasteiger partial charge on any atom is 0.256 e. The Bertz CT molecular complexity index is 748. The van der Waals surface area contributed by atoms with Crippen LogP contribution in [0.1, 0.15) is 23.2 Å². The summed E-state index contributed by atoms with van der Waals surface area (Å²) >= 11 is 0. The van der Waals surface area contributed by atoms with Gasteiger partial charge in [0.2, 0.25) is 0 Å². The highest BCUT2D eigenvalue weighted by atomic mass is 15.3. The lowest BCUT2D eigenvalue weighted by atomic mass is 10.2. The molecular formula is C15H15N5. The summed E-state index contributed by atoms with van der Waals surface area (Å²) in [6, 6.07) is 10.4. The van der Waals surface area contributed by atoms with Gasteiger partial charge in [0.25, 0.3) is 5.78 Å². The van der Waals surface area contributed by atoms with Gasteiger partial charge in [-0.3, -0.25) is 4.40 Å². The molecule has 5 heteroatoms. The number of nitrogens with one attached hydrogen (secondary N) is 1. The van der Waals surface area contributed by atoms with E-state index in [-0.39, 0.29) is 0 Å². The van der Waals surface area contributed by atoms with E-state index < -0.39 is 0 Å². The van der Waals surface area contributed by atoms with Crippen molar-refractivity contribution in [2.24, 2.45) is 0 Å². The number of benzene rings is 1. The van der Waals surface area contributed by atoms with Gasteiger partial charge in [0.05, 0.1) is 5.69 Å². The highest BCUT2D eigenvalue weighted by molar-refractivity contribution is 5.55. The summed E-state index contributed by atoms with van der Waals surface area (Å²) in [7, 11) is 0. The lowest BCUT2D eigenvalue weighted by Gasteiger charge is -2.13. The zero-order valence-electron chi connectivity index (χ0n) is 11.1. The standard InChI is InChI=1S/C15H15N5/c1-2-5-11(6-3-1)9-16-14-12-7-4-8-13(12)18-15-19-17-10-20(14)15/h1-3,5-6,10,16H,4,7-9H2. The van der Waals surface area contributed by atoms with Gasteiger partial charge >= 0.3 is 0 Å². The fourth-order valence-electron chi connectivity index (χ4n) is 2.81. The van der Waals surface area contributed by atoms with Crippen molar-refractivity contribution in [2.75, 3.05) is 5.32 Å². The molecule has 5 nitrogen and oxygen atoms in total. The molecule has 0 unspecified atom stereocenters. The van der Waals surface area contributed by atoms with E-state index in [1.165, 1.54) is 23.2 Å². The van der Waals surface area contributed by atoms with Crippen molar-refractivity contribution in [1.29, 1.82) is 0 Å². The van der Waals surface area contributed by atoms with Crippen molar-refractivity contribution < 1.29 is 0 Å². The van der Waals surface area contributed by atoms with E-state index in [0.717, 1.165) is 25.2 Å². The predicted octanol–water partition coefficient (Wildman–Crippen LogP) is 2.23. The zero-order chi connectivity index (χ0) is 13.4. The summed E-state index contributed by atoms with van der Waals surface area (Å²) < 4.78 is 1.95. The van der Waals surface area contributed by atoms with E-state index in [1.54, 1.807) is 6.33 Å². The topological polar surface area (TPSA) is 55.1 Å². The van der Waals surface area contributed by atoms with Crippen molar-refractivity contribution in [3.05, 3.63) is 53.5 Å². The van der Waals surface area contributed by atoms with E-state index in [0.29, 0.717) is 5.78 Å². The van der Waals surface area contributed by atoms with Crippen LogP contribution in [0, 0.1) is 0 Å². The van der Waals surface area contributed by atoms with E-state index >= 15 is 0 Å². The molecule has 0 radical (unpaired) electrons. The van der Waals surface area contributed by atoms with Crippen molar-refractivity contribution >= 4 is 11.6 Å². The number of anilines is 1. The normalized spacial score (nSPS) is 13.6. The molecule has 20 heavy (non-hydrogen) atoms. The van der Waals surface area contributed by atoms with Crippen LogP contribution < -0.4 is 5.32 Å². The van der Waals surface area contributed by atoms with Crippen LogP contribution in [0.2, 0.25) is 0 Å². The first-order chi connectivity index (χ1) is 9.92. The average molecular weight is 265 g/mol. The molecule has 0 spiro atoms. The molecule has 0 saturated carbocycles. The monoisotopic (exact) mass is 265 g/mol. The van der Waals surface area contributed by atoms with E-state index in [9.17, 15) is 0 Å². The van der Waals surface area contributed by atoms with Gasteiger partial charge in [0.15, 0.2) is 0 Å². The minimum atomic E-state index is 0.682. The van der Waals surface area contributed by atoms with Crippen LogP contribution in [0.4, 0.5) is 5.82 Å². The second-order valence-electron chi connectivity index (χ2n) is 5.08. The highest BCUT2D eigenvalue weighted by Crippen LogP contribution is 2.28. The quantitative estimate of drug-likeness (QED) is 0.789. The first-order valence-corrected chi connectivity index (χ1v) is 6.91. The molecule has 0 fully saturated rings. The van der Waals surface area contributed by atoms with Gasteiger partial charge in [-0.15, -0.1) is 10.2 Å². The van der Waals surface area contributed by atoms with Crippen molar-refractivity contribution in [3.8, 4) is 0 Å². The van der Waals surface area contributed by atoms with Gasteiger partial charge in [-0.1, -0.05) is 30.3 Å². The van der Waals surface area contributed by atoms with Crippen LogP contribution in [-0.2, 0) is 19.4 Å². The lowest BCUT2D eigenvalue weighted by molar-refractivity contribution is 0.899. The zero-order valence-corrected chi connectivity index (χ0v) is 11.1. The van der Waals surface area contributed by atoms with Crippen LogP contribution in [0.15, 0.2) is 36.7 Å². The van der Waals surface area contributed by atoms with Gasteiger partial charge in [-0.05, 0) is 24.8 Å². The molecule has 4 rings (SSSR count). The number of nitrogens with zero attached hydrogens (tertiary/aromatic N) is 4. The van der Waals surface area contributed by atoms with Crippen LogP contribution in [0.5, 0.6) is 0 Å². The molecular weight excluding hydrogens is 250 g/mol. The summed E-state index contributed by atoms with van der Waals surface area (Å²) in [5.74, 6) is 1.78. The Kier molecular flexibility index (Phi) is 2.62. The number of aryl methyl sites for hydroxylation is 1. The molecule has 100 valence electrons. The summed E-state index contributed by atoms with van der Waals surface area (Å²) in [5, 5.41) is 11.6. The van der Waals surface area contributed by atoms with Crippen LogP contribution in [0.25, 0.3) is 5.78 Å². The predicted molar refractivity (Wildman–Crippen MR) is 76.6 cm³/mol. The molecule has 2 aromatic heterocycles. The largest absolute Gasteiger partial charge is 0.367 e. The molecule has 3 aromatic rings. The van der Waals surface area contributed by atoms with E-state index in [1.807, 2.05) is 10.5 Å². The first-order valence-electron chi connectivity index (χ1n) is 6.91. The third-order valence-electron chi connectivity index (χ3n) is 3.78. The van der Waals surface area contributed by atoms with E-state index in [4.69, 9.17) is 0 Å². The van der Waals surface area contributed by atoms with Crippen molar-refractivity contribution in [1.82, 2.24) is 19.6 Å². The van der Waals surface area contributed by atoms with Crippen molar-refractivity contribution in [3.63, 3.8) is 0 Å². The molecule has 0 saturated heterocycles. The van der Waals surface area contributed by atoms with Gasteiger partial charge in [0, 0.05) is 12.1 Å². The molecule has 0 bridgehead atoms. The summed E-state index contributed by atoms with van der Waals surface area (Å²) in [4.78, 5) is 4.58. The summed E-state index contributed by atoms with van der Waals surface area (Å²) in [6.07, 6.45) is 5.02. The molecule has 0 atom stereocenters. The van der Waals surface area contributed by atoms with Crippen molar-refractivity contribution in [2.45, 2.75) is 25.8 Å². The number of aromatic nitrogens is 4. The maximum atomic E-state index is 4.58. The minimum Gasteiger partial charge on any atom is -0.367 e. The molecule has 0 amide bonds. The van der Waals surface area contributed by atoms with Gasteiger partial charge in [-0.2, -0.15) is 0 Å². The molecule has 1 aliphatic carbocycles. The van der Waals surface area contributed by atoms with E-state index in [2.05, 4.69) is 44.8 Å². The lowest BCUT2D eigenvalue weighted by Crippen LogP contribution is -2.09. The SMILES string of the molecule is c1ccc(CNc2c3c(nc4nncn24)CCC3)cc1. The summed E-state index contributed by atoms with van der Waals surface area (Å²) in [6.45, 7) is 0.796. The number of hydrogen-bond donors (Lipinski definition) is 1. The average Bonchev–Trinajstić information content (AvgIpc) is 3.12. The first kappa shape index (κ1) is 11.4. The smallest absolute Gasteiger partial charge is 0.256 e. The number of fused-ring (bicyclic) bond motifs is 2. The third-order valence-corrected chi connectivity index (χ3v) is 3.78. The number of hydrogen-bond acceptors (Lipinski definition) is 4. The third kappa shape index (κ3) is 1.82. The van der Waals surface area contributed by atoms with Crippen LogP contribution in [0.3, 0.4) is 0 Å². The molecule has 1 aliphatic rings. The fourth-order valence-corrected chi connectivity index (χ4v) is 2.81. The molecule has 0 aliphatic heterocycles. The highest BCUT2D eigenvalue weighted by Gasteiger charge is 2.20. The Morgan fingerprint density at radius 3 is 2.95 bits per heavy atom. The Morgan fingerprint density at radius 1 is 1.15 bits per heavy atom. The van der Waals surface area contributed by atoms with Gasteiger partial charge in [0.1, 0.15) is 12.1 Å². The Hall–Kier alpha value is -2.43. The fraction of sp³-hybridized carbons (Fsp3) is 0.267. The molecule has 2 heterocycles. The Balaban J connectivity index is 1.73. The summed E-state index contributed by atoms with van der Waals surface area (Å²) in [5.41, 5.74) is 3.74. The molecule has 1 N–H and O–H groups in total.